The van der Waals surface area contributed by atoms with Crippen molar-refractivity contribution in [1.29, 1.82) is 0 Å². The lowest BCUT2D eigenvalue weighted by atomic mass is 10.2. The molecule has 25 heavy (non-hydrogen) atoms. The largest absolute Gasteiger partial charge is 0.363 e. The molecule has 3 rings (SSSR count). The average molecular weight is 376 g/mol. The van der Waals surface area contributed by atoms with Crippen molar-refractivity contribution in [2.24, 2.45) is 0 Å². The fourth-order valence-electron chi connectivity index (χ4n) is 3.27. The van der Waals surface area contributed by atoms with Crippen LogP contribution in [-0.4, -0.2) is 52.0 Å². The molecule has 10 nitrogen and oxygen atoms in total. The van der Waals surface area contributed by atoms with E-state index in [1.165, 1.54) is 16.8 Å². The summed E-state index contributed by atoms with van der Waals surface area (Å²) in [4.78, 5) is 35.1. The van der Waals surface area contributed by atoms with E-state index in [0.29, 0.717) is 6.42 Å². The van der Waals surface area contributed by atoms with Crippen LogP contribution in [0.5, 0.6) is 0 Å². The van der Waals surface area contributed by atoms with E-state index in [-0.39, 0.29) is 0 Å². The topological polar surface area (TPSA) is 129 Å². The molecule has 0 bridgehead atoms. The first kappa shape index (κ1) is 18.5. The maximum atomic E-state index is 12.1. The molecule has 1 saturated carbocycles. The molecule has 0 aromatic carbocycles. The van der Waals surface area contributed by atoms with Crippen molar-refractivity contribution in [3.8, 4) is 0 Å². The summed E-state index contributed by atoms with van der Waals surface area (Å²) in [6.07, 6.45) is -0.354. The Morgan fingerprint density at radius 3 is 2.72 bits per heavy atom. The predicted octanol–water partition coefficient (Wildman–Crippen LogP) is 0.176. The number of ether oxygens (including phenoxy) is 3. The minimum atomic E-state index is -3.84. The number of nitrogens with zero attached hydrogens (tertiary/aromatic N) is 1. The maximum Gasteiger partial charge on any atom is 0.353 e. The summed E-state index contributed by atoms with van der Waals surface area (Å²) in [6, 6.07) is 0.806. The van der Waals surface area contributed by atoms with E-state index >= 15 is 0 Å². The van der Waals surface area contributed by atoms with Gasteiger partial charge in [0.2, 0.25) is 0 Å². The fraction of sp³-hybridized carbons (Fsp3) is 0.714. The molecule has 1 aliphatic heterocycles. The molecule has 1 aliphatic carbocycles. The minimum Gasteiger partial charge on any atom is -0.363 e. The van der Waals surface area contributed by atoms with E-state index in [0.717, 1.165) is 7.11 Å². The van der Waals surface area contributed by atoms with Crippen LogP contribution in [0.3, 0.4) is 0 Å². The molecule has 0 radical (unpaired) electrons. The van der Waals surface area contributed by atoms with Crippen molar-refractivity contribution in [3.63, 3.8) is 0 Å². The lowest BCUT2D eigenvalue weighted by molar-refractivity contribution is -0.169. The molecule has 2 N–H and O–H groups in total. The van der Waals surface area contributed by atoms with Crippen LogP contribution >= 0.6 is 7.60 Å². The SMILES string of the molecule is COP(=O)(O)COC1CC(n2ccc(=O)[nH]c2=O)C2OC(C)(C)OC12. The highest BCUT2D eigenvalue weighted by Gasteiger charge is 2.55. The zero-order valence-electron chi connectivity index (χ0n) is 14.1. The third-order valence-electron chi connectivity index (χ3n) is 4.33. The number of hydrogen-bond acceptors (Lipinski definition) is 7. The van der Waals surface area contributed by atoms with Gasteiger partial charge in [-0.25, -0.2) is 4.79 Å². The van der Waals surface area contributed by atoms with Gasteiger partial charge >= 0.3 is 13.3 Å². The third-order valence-corrected chi connectivity index (χ3v) is 5.37. The summed E-state index contributed by atoms with van der Waals surface area (Å²) in [5, 5.41) is 0. The summed E-state index contributed by atoms with van der Waals surface area (Å²) >= 11 is 0. The number of nitrogens with one attached hydrogen (secondary N) is 1. The number of H-pyrrole nitrogens is 1. The van der Waals surface area contributed by atoms with Gasteiger partial charge in [-0.1, -0.05) is 0 Å². The number of fused-ring (bicyclic) bond motifs is 1. The molecule has 0 amide bonds. The molecule has 2 fully saturated rings. The second kappa shape index (κ2) is 6.46. The van der Waals surface area contributed by atoms with E-state index in [2.05, 4.69) is 9.51 Å². The molecule has 2 aliphatic rings. The summed E-state index contributed by atoms with van der Waals surface area (Å²) in [5.74, 6) is -0.883. The number of rotatable bonds is 5. The van der Waals surface area contributed by atoms with Gasteiger partial charge in [0.1, 0.15) is 18.6 Å². The van der Waals surface area contributed by atoms with Gasteiger partial charge in [0.25, 0.3) is 5.56 Å². The third kappa shape index (κ3) is 3.79. The second-order valence-electron chi connectivity index (χ2n) is 6.54. The Labute approximate surface area is 143 Å². The molecule has 11 heteroatoms. The van der Waals surface area contributed by atoms with Crippen molar-refractivity contribution in [2.45, 2.75) is 50.4 Å². The standard InChI is InChI=1S/C14H21N2O8P/c1-14(2)23-11-8(16-5-4-10(17)15-13(16)18)6-9(12(11)24-14)22-7-25(19,20)21-3/h4-5,8-9,11-12H,6-7H2,1-3H3,(H,19,20)(H,15,17,18). The van der Waals surface area contributed by atoms with Crippen LogP contribution in [0.1, 0.15) is 26.3 Å². The van der Waals surface area contributed by atoms with Crippen LogP contribution in [-0.2, 0) is 23.3 Å². The van der Waals surface area contributed by atoms with E-state index in [4.69, 9.17) is 14.2 Å². The average Bonchev–Trinajstić information content (AvgIpc) is 2.99. The zero-order valence-corrected chi connectivity index (χ0v) is 15.0. The molecular weight excluding hydrogens is 355 g/mol. The van der Waals surface area contributed by atoms with Crippen LogP contribution in [0.15, 0.2) is 21.9 Å². The van der Waals surface area contributed by atoms with Gasteiger partial charge in [-0.2, -0.15) is 0 Å². The van der Waals surface area contributed by atoms with Crippen LogP contribution in [0.25, 0.3) is 0 Å². The van der Waals surface area contributed by atoms with Crippen molar-refractivity contribution in [1.82, 2.24) is 9.55 Å². The van der Waals surface area contributed by atoms with Gasteiger partial charge in [0, 0.05) is 19.4 Å². The molecule has 140 valence electrons. The minimum absolute atomic E-state index is 0.321. The van der Waals surface area contributed by atoms with Gasteiger partial charge in [-0.3, -0.25) is 18.9 Å². The van der Waals surface area contributed by atoms with Gasteiger partial charge in [-0.15, -0.1) is 0 Å². The molecule has 5 unspecified atom stereocenters. The Morgan fingerprint density at radius 2 is 2.08 bits per heavy atom. The summed E-state index contributed by atoms with van der Waals surface area (Å²) in [6.45, 7) is 3.47. The fourth-order valence-corrected chi connectivity index (χ4v) is 3.76. The van der Waals surface area contributed by atoms with Gasteiger partial charge < -0.3 is 23.6 Å². The van der Waals surface area contributed by atoms with Crippen LogP contribution < -0.4 is 11.2 Å². The van der Waals surface area contributed by atoms with E-state index in [1.807, 2.05) is 0 Å². The summed E-state index contributed by atoms with van der Waals surface area (Å²) < 4.78 is 34.8. The Bertz CT molecular complexity index is 803. The van der Waals surface area contributed by atoms with E-state index in [9.17, 15) is 19.0 Å². The van der Waals surface area contributed by atoms with E-state index < -0.39 is 55.3 Å². The highest BCUT2D eigenvalue weighted by atomic mass is 31.2. The molecular formula is C14H21N2O8P. The Kier molecular flexibility index (Phi) is 4.78. The Morgan fingerprint density at radius 1 is 1.40 bits per heavy atom. The van der Waals surface area contributed by atoms with Crippen LogP contribution in [0.2, 0.25) is 0 Å². The van der Waals surface area contributed by atoms with Gasteiger partial charge in [-0.05, 0) is 20.3 Å². The molecule has 0 spiro atoms. The summed E-state index contributed by atoms with van der Waals surface area (Å²) in [7, 11) is -2.71. The number of hydrogen-bond donors (Lipinski definition) is 2. The highest BCUT2D eigenvalue weighted by molar-refractivity contribution is 7.52. The lowest BCUT2D eigenvalue weighted by Crippen LogP contribution is -2.36. The lowest BCUT2D eigenvalue weighted by Gasteiger charge is -2.24. The monoisotopic (exact) mass is 376 g/mol. The van der Waals surface area contributed by atoms with Gasteiger partial charge in [0.15, 0.2) is 5.79 Å². The number of aromatic nitrogens is 2. The van der Waals surface area contributed by atoms with Crippen LogP contribution in [0.4, 0.5) is 0 Å². The molecule has 5 atom stereocenters. The first-order valence-corrected chi connectivity index (χ1v) is 9.54. The maximum absolute atomic E-state index is 12.1. The molecule has 2 heterocycles. The van der Waals surface area contributed by atoms with E-state index in [1.54, 1.807) is 13.8 Å². The van der Waals surface area contributed by atoms with Crippen molar-refractivity contribution in [3.05, 3.63) is 33.1 Å². The second-order valence-corrected chi connectivity index (χ2v) is 8.44. The number of aromatic amines is 1. The Balaban J connectivity index is 1.86. The first-order chi connectivity index (χ1) is 11.6. The molecule has 1 saturated heterocycles. The highest BCUT2D eigenvalue weighted by Crippen LogP contribution is 2.47. The van der Waals surface area contributed by atoms with Gasteiger partial charge in [0.05, 0.1) is 12.1 Å². The smallest absolute Gasteiger partial charge is 0.353 e. The quantitative estimate of drug-likeness (QED) is 0.696. The van der Waals surface area contributed by atoms with Crippen molar-refractivity contribution < 1.29 is 28.2 Å². The predicted molar refractivity (Wildman–Crippen MR) is 85.4 cm³/mol. The molecule has 1 aromatic heterocycles. The molecule has 1 aromatic rings. The van der Waals surface area contributed by atoms with Crippen molar-refractivity contribution in [2.75, 3.05) is 13.5 Å². The van der Waals surface area contributed by atoms with Crippen LogP contribution in [0, 0.1) is 0 Å². The normalized spacial score (nSPS) is 33.1. The van der Waals surface area contributed by atoms with Crippen molar-refractivity contribution >= 4 is 7.60 Å². The zero-order chi connectivity index (χ0) is 18.4. The Hall–Kier alpha value is -1.29. The summed E-state index contributed by atoms with van der Waals surface area (Å²) in [5.41, 5.74) is -1.05. The first-order valence-electron chi connectivity index (χ1n) is 7.78.